The summed E-state index contributed by atoms with van der Waals surface area (Å²) in [6.07, 6.45) is 2.83. The number of carbonyl (C=O) groups excluding carboxylic acids is 4. The summed E-state index contributed by atoms with van der Waals surface area (Å²) in [5, 5.41) is 6.75. The van der Waals surface area contributed by atoms with E-state index in [1.54, 1.807) is 47.4 Å². The van der Waals surface area contributed by atoms with Gasteiger partial charge in [0.2, 0.25) is 5.76 Å². The Bertz CT molecular complexity index is 1440. The van der Waals surface area contributed by atoms with Crippen LogP contribution in [-0.4, -0.2) is 69.1 Å². The number of para-hydroxylation sites is 1. The first-order chi connectivity index (χ1) is 17.4. The average molecular weight is 486 g/mol. The number of ketones is 1. The number of nitrogens with zero attached hydrogens (tertiary/aromatic N) is 3. The van der Waals surface area contributed by atoms with Crippen LogP contribution in [0.25, 0.3) is 10.9 Å². The van der Waals surface area contributed by atoms with Gasteiger partial charge in [-0.15, -0.1) is 0 Å². The fraction of sp³-hybridized carbons (Fsp3) is 0.192. The summed E-state index contributed by atoms with van der Waals surface area (Å²) in [6.45, 7) is 2.74. The van der Waals surface area contributed by atoms with Crippen LogP contribution in [-0.2, 0) is 4.79 Å². The van der Waals surface area contributed by atoms with E-state index in [9.17, 15) is 19.2 Å². The Labute approximate surface area is 205 Å². The molecule has 1 aliphatic heterocycles. The monoisotopic (exact) mass is 485 g/mol. The third-order valence-corrected chi connectivity index (χ3v) is 6.26. The number of hydrogen-bond acceptors (Lipinski definition) is 6. The lowest BCUT2D eigenvalue weighted by Crippen LogP contribution is -2.56. The van der Waals surface area contributed by atoms with Gasteiger partial charge in [0.15, 0.2) is 0 Å². The number of nitrogens with one attached hydrogen (secondary N) is 2. The molecule has 2 aromatic heterocycles. The molecule has 10 nitrogen and oxygen atoms in total. The average Bonchev–Trinajstić information content (AvgIpc) is 3.59. The lowest BCUT2D eigenvalue weighted by atomic mass is 10.1. The van der Waals surface area contributed by atoms with E-state index < -0.39 is 17.6 Å². The van der Waals surface area contributed by atoms with Crippen molar-refractivity contribution in [3.8, 4) is 0 Å². The lowest BCUT2D eigenvalue weighted by molar-refractivity contribution is -0.130. The number of aromatic amines is 1. The zero-order valence-corrected chi connectivity index (χ0v) is 19.4. The van der Waals surface area contributed by atoms with Gasteiger partial charge in [0.05, 0.1) is 23.0 Å². The van der Waals surface area contributed by atoms with Crippen molar-refractivity contribution >= 4 is 40.1 Å². The quantitative estimate of drug-likeness (QED) is 0.330. The van der Waals surface area contributed by atoms with E-state index in [1.165, 1.54) is 23.4 Å². The van der Waals surface area contributed by atoms with Gasteiger partial charge in [-0.25, -0.2) is 0 Å². The third kappa shape index (κ3) is 4.24. The highest BCUT2D eigenvalue weighted by Crippen LogP contribution is 2.27. The molecule has 0 spiro atoms. The molecule has 36 heavy (non-hydrogen) atoms. The molecule has 2 aromatic carbocycles. The van der Waals surface area contributed by atoms with Gasteiger partial charge in [-0.2, -0.15) is 0 Å². The van der Waals surface area contributed by atoms with Crippen molar-refractivity contribution < 1.29 is 23.7 Å². The first kappa shape index (κ1) is 23.0. The van der Waals surface area contributed by atoms with Gasteiger partial charge in [0.25, 0.3) is 23.5 Å². The summed E-state index contributed by atoms with van der Waals surface area (Å²) in [7, 11) is 0. The van der Waals surface area contributed by atoms with Crippen LogP contribution in [0.1, 0.15) is 38.2 Å². The fourth-order valence-corrected chi connectivity index (χ4v) is 4.42. The normalized spacial score (nSPS) is 15.6. The van der Waals surface area contributed by atoms with Crippen LogP contribution in [0.15, 0.2) is 71.5 Å². The Hall–Kier alpha value is -4.73. The standard InChI is InChI=1S/C26H23N5O5/c1-16-15-30(25(34)17-6-3-2-4-7-17)12-13-31(16)26(35)23(32)19-14-27-22-18(19)8-5-9-20(22)29-24(33)21-10-11-28-36-21/h2-11,14,16,27H,12-13,15H2,1H3,(H,29,33)/t16-/m1/s1. The molecule has 0 aliphatic carbocycles. The highest BCUT2D eigenvalue weighted by atomic mass is 16.5. The number of carbonyl (C=O) groups is 4. The first-order valence-electron chi connectivity index (χ1n) is 11.5. The largest absolute Gasteiger partial charge is 0.359 e. The molecule has 0 saturated carbocycles. The Morgan fingerprint density at radius 2 is 1.83 bits per heavy atom. The fourth-order valence-electron chi connectivity index (χ4n) is 4.42. The Balaban J connectivity index is 1.31. The predicted octanol–water partition coefficient (Wildman–Crippen LogP) is 2.96. The molecule has 0 radical (unpaired) electrons. The molecule has 182 valence electrons. The number of anilines is 1. The van der Waals surface area contributed by atoms with Crippen LogP contribution >= 0.6 is 0 Å². The van der Waals surface area contributed by atoms with Crippen LogP contribution in [0.2, 0.25) is 0 Å². The number of fused-ring (bicyclic) bond motifs is 1. The molecule has 3 heterocycles. The second-order valence-corrected chi connectivity index (χ2v) is 8.56. The maximum Gasteiger partial charge on any atom is 0.295 e. The molecule has 1 atom stereocenters. The number of rotatable bonds is 5. The first-order valence-corrected chi connectivity index (χ1v) is 11.5. The molecule has 10 heteroatoms. The molecule has 1 saturated heterocycles. The van der Waals surface area contributed by atoms with Crippen LogP contribution in [0, 0.1) is 0 Å². The lowest BCUT2D eigenvalue weighted by Gasteiger charge is -2.39. The predicted molar refractivity (Wildman–Crippen MR) is 131 cm³/mol. The van der Waals surface area contributed by atoms with Crippen molar-refractivity contribution in [3.05, 3.63) is 83.9 Å². The van der Waals surface area contributed by atoms with E-state index in [0.717, 1.165) is 0 Å². The third-order valence-electron chi connectivity index (χ3n) is 6.26. The van der Waals surface area contributed by atoms with E-state index in [0.29, 0.717) is 35.2 Å². The SMILES string of the molecule is C[C@@H]1CN(C(=O)c2ccccc2)CCN1C(=O)C(=O)c1c[nH]c2c(NC(=O)c3ccno3)cccc12. The highest BCUT2D eigenvalue weighted by Gasteiger charge is 2.34. The number of aromatic nitrogens is 2. The van der Waals surface area contributed by atoms with Crippen molar-refractivity contribution in [2.75, 3.05) is 25.0 Å². The Kier molecular flexibility index (Phi) is 6.07. The number of H-pyrrole nitrogens is 1. The van der Waals surface area contributed by atoms with E-state index in [-0.39, 0.29) is 29.8 Å². The molecule has 2 N–H and O–H groups in total. The Morgan fingerprint density at radius 1 is 1.03 bits per heavy atom. The number of piperazine rings is 1. The zero-order chi connectivity index (χ0) is 25.2. The zero-order valence-electron chi connectivity index (χ0n) is 19.4. The van der Waals surface area contributed by atoms with Crippen LogP contribution in [0.5, 0.6) is 0 Å². The molecule has 4 aromatic rings. The van der Waals surface area contributed by atoms with Gasteiger partial charge in [-0.3, -0.25) is 19.2 Å². The van der Waals surface area contributed by atoms with Crippen molar-refractivity contribution in [3.63, 3.8) is 0 Å². The summed E-state index contributed by atoms with van der Waals surface area (Å²) in [5.41, 5.74) is 1.74. The number of hydrogen-bond donors (Lipinski definition) is 2. The molecule has 0 bridgehead atoms. The number of benzene rings is 2. The van der Waals surface area contributed by atoms with Gasteiger partial charge in [-0.1, -0.05) is 35.5 Å². The van der Waals surface area contributed by atoms with E-state index in [4.69, 9.17) is 4.52 Å². The summed E-state index contributed by atoms with van der Waals surface area (Å²) >= 11 is 0. The van der Waals surface area contributed by atoms with Crippen molar-refractivity contribution in [2.24, 2.45) is 0 Å². The molecule has 1 fully saturated rings. The number of amides is 3. The molecule has 5 rings (SSSR count). The summed E-state index contributed by atoms with van der Waals surface area (Å²) < 4.78 is 4.88. The van der Waals surface area contributed by atoms with Crippen LogP contribution in [0.4, 0.5) is 5.69 Å². The second kappa shape index (κ2) is 9.49. The molecular formula is C26H23N5O5. The minimum Gasteiger partial charge on any atom is -0.359 e. The van der Waals surface area contributed by atoms with E-state index >= 15 is 0 Å². The highest BCUT2D eigenvalue weighted by molar-refractivity contribution is 6.45. The van der Waals surface area contributed by atoms with Gasteiger partial charge in [0.1, 0.15) is 0 Å². The van der Waals surface area contributed by atoms with Gasteiger partial charge >= 0.3 is 0 Å². The molecule has 3 amide bonds. The van der Waals surface area contributed by atoms with Gasteiger partial charge < -0.3 is 24.6 Å². The minimum absolute atomic E-state index is 0.0453. The van der Waals surface area contributed by atoms with Crippen molar-refractivity contribution in [1.82, 2.24) is 19.9 Å². The van der Waals surface area contributed by atoms with Crippen molar-refractivity contribution in [1.29, 1.82) is 0 Å². The van der Waals surface area contributed by atoms with Crippen LogP contribution in [0.3, 0.4) is 0 Å². The maximum absolute atomic E-state index is 13.2. The Morgan fingerprint density at radius 3 is 2.56 bits per heavy atom. The second-order valence-electron chi connectivity index (χ2n) is 8.56. The van der Waals surface area contributed by atoms with Gasteiger partial charge in [-0.05, 0) is 25.1 Å². The number of Topliss-reactive ketones (excluding diaryl/α,β-unsaturated/α-hetero) is 1. The summed E-state index contributed by atoms with van der Waals surface area (Å²) in [6, 6.07) is 15.1. The molecular weight excluding hydrogens is 462 g/mol. The smallest absolute Gasteiger partial charge is 0.295 e. The molecule has 0 unspecified atom stereocenters. The van der Waals surface area contributed by atoms with Gasteiger partial charge in [0, 0.05) is 48.9 Å². The topological polar surface area (TPSA) is 129 Å². The summed E-state index contributed by atoms with van der Waals surface area (Å²) in [5.74, 6) is -1.84. The van der Waals surface area contributed by atoms with E-state index in [2.05, 4.69) is 15.5 Å². The minimum atomic E-state index is -0.658. The summed E-state index contributed by atoms with van der Waals surface area (Å²) in [4.78, 5) is 57.7. The maximum atomic E-state index is 13.2. The molecule has 1 aliphatic rings. The van der Waals surface area contributed by atoms with Crippen molar-refractivity contribution in [2.45, 2.75) is 13.0 Å². The van der Waals surface area contributed by atoms with Crippen LogP contribution < -0.4 is 5.32 Å². The van der Waals surface area contributed by atoms with E-state index in [1.807, 2.05) is 13.0 Å².